The lowest BCUT2D eigenvalue weighted by molar-refractivity contribution is 0.0326. The van der Waals surface area contributed by atoms with Gasteiger partial charge in [-0.1, -0.05) is 35.3 Å². The smallest absolute Gasteiger partial charge is 0.493 e. The molecule has 3 aromatic carbocycles. The number of amides is 1. The molecule has 0 radical (unpaired) electrons. The Morgan fingerprint density at radius 1 is 1.00 bits per heavy atom. The molecule has 8 nitrogen and oxygen atoms in total. The Labute approximate surface area is 227 Å². The zero-order valence-corrected chi connectivity index (χ0v) is 21.2. The number of carboxylic acid groups (broad SMARTS) is 1. The van der Waals surface area contributed by atoms with Gasteiger partial charge in [0, 0.05) is 34.8 Å². The first kappa shape index (κ1) is 25.4. The number of ether oxygens (including phenoxy) is 3. The molecule has 5 rings (SSSR count). The molecule has 1 unspecified atom stereocenters. The summed E-state index contributed by atoms with van der Waals surface area (Å²) < 4.78 is 16.5. The van der Waals surface area contributed by atoms with Gasteiger partial charge in [0.05, 0.1) is 11.6 Å². The van der Waals surface area contributed by atoms with Crippen LogP contribution < -0.4 is 14.8 Å². The summed E-state index contributed by atoms with van der Waals surface area (Å²) in [5.74, 6) is 1.26. The monoisotopic (exact) mass is 550 g/mol. The molecule has 2 heterocycles. The number of halogens is 2. The van der Waals surface area contributed by atoms with E-state index in [1.54, 1.807) is 54.7 Å². The lowest BCUT2D eigenvalue weighted by Crippen LogP contribution is -2.18. The highest BCUT2D eigenvalue weighted by Crippen LogP contribution is 2.42. The summed E-state index contributed by atoms with van der Waals surface area (Å²) in [5.41, 5.74) is 2.72. The summed E-state index contributed by atoms with van der Waals surface area (Å²) in [7, 11) is 0. The van der Waals surface area contributed by atoms with E-state index in [-0.39, 0.29) is 10.9 Å². The predicted octanol–water partition coefficient (Wildman–Crippen LogP) is 7.62. The van der Waals surface area contributed by atoms with Crippen molar-refractivity contribution < 1.29 is 28.9 Å². The van der Waals surface area contributed by atoms with E-state index in [4.69, 9.17) is 42.5 Å². The second kappa shape index (κ2) is 11.0. The SMILES string of the molecule is O=C(O)OC1CCOc2cc(Oc3ccc(C(=O)Nc4cc(-c5cccc(Cl)c5)ccn4)cc3)c(Cl)cc21. The Morgan fingerprint density at radius 2 is 1.79 bits per heavy atom. The van der Waals surface area contributed by atoms with E-state index in [9.17, 15) is 9.59 Å². The summed E-state index contributed by atoms with van der Waals surface area (Å²) in [5, 5.41) is 12.6. The van der Waals surface area contributed by atoms with Crippen LogP contribution in [0.2, 0.25) is 10.0 Å². The second-order valence-electron chi connectivity index (χ2n) is 8.35. The summed E-state index contributed by atoms with van der Waals surface area (Å²) in [4.78, 5) is 28.0. The maximum absolute atomic E-state index is 12.8. The fourth-order valence-corrected chi connectivity index (χ4v) is 4.42. The van der Waals surface area contributed by atoms with Gasteiger partial charge in [-0.3, -0.25) is 4.79 Å². The summed E-state index contributed by atoms with van der Waals surface area (Å²) in [6, 6.07) is 20.7. The van der Waals surface area contributed by atoms with E-state index in [2.05, 4.69) is 10.3 Å². The minimum Gasteiger partial charge on any atom is -0.493 e. The highest BCUT2D eigenvalue weighted by atomic mass is 35.5. The van der Waals surface area contributed by atoms with Crippen LogP contribution in [0, 0.1) is 0 Å². The zero-order chi connectivity index (χ0) is 26.6. The second-order valence-corrected chi connectivity index (χ2v) is 9.19. The molecule has 1 aliphatic heterocycles. The van der Waals surface area contributed by atoms with Crippen LogP contribution in [0.25, 0.3) is 11.1 Å². The summed E-state index contributed by atoms with van der Waals surface area (Å²) in [6.07, 6.45) is -0.0285. The van der Waals surface area contributed by atoms with Crippen molar-refractivity contribution in [1.29, 1.82) is 0 Å². The molecule has 1 aliphatic rings. The van der Waals surface area contributed by atoms with Crippen LogP contribution >= 0.6 is 23.2 Å². The Hall–Kier alpha value is -4.27. The molecule has 10 heteroatoms. The molecule has 192 valence electrons. The van der Waals surface area contributed by atoms with E-state index in [0.29, 0.717) is 52.2 Å². The number of rotatable bonds is 6. The first-order valence-electron chi connectivity index (χ1n) is 11.5. The molecule has 4 aromatic rings. The number of benzene rings is 3. The third kappa shape index (κ3) is 5.82. The number of nitrogens with zero attached hydrogens (tertiary/aromatic N) is 1. The summed E-state index contributed by atoms with van der Waals surface area (Å²) >= 11 is 12.5. The largest absolute Gasteiger partial charge is 0.506 e. The van der Waals surface area contributed by atoms with Gasteiger partial charge in [-0.15, -0.1) is 0 Å². The number of hydrogen-bond acceptors (Lipinski definition) is 6. The fraction of sp³-hybridized carbons (Fsp3) is 0.107. The number of fused-ring (bicyclic) bond motifs is 1. The first-order valence-corrected chi connectivity index (χ1v) is 12.3. The Bertz CT molecular complexity index is 1510. The molecular formula is C28H20Cl2N2O6. The predicted molar refractivity (Wildman–Crippen MR) is 143 cm³/mol. The van der Waals surface area contributed by atoms with Gasteiger partial charge < -0.3 is 24.6 Å². The van der Waals surface area contributed by atoms with Crippen molar-refractivity contribution in [3.63, 3.8) is 0 Å². The Kier molecular flexibility index (Phi) is 7.35. The number of hydrogen-bond donors (Lipinski definition) is 2. The number of aromatic nitrogens is 1. The molecule has 0 fully saturated rings. The molecule has 0 aliphatic carbocycles. The normalized spacial score (nSPS) is 14.1. The van der Waals surface area contributed by atoms with Gasteiger partial charge in [0.2, 0.25) is 0 Å². The molecule has 0 bridgehead atoms. The first-order chi connectivity index (χ1) is 18.4. The number of carbonyl (C=O) groups is 2. The maximum atomic E-state index is 12.8. The third-order valence-electron chi connectivity index (χ3n) is 5.80. The van der Waals surface area contributed by atoms with Crippen LogP contribution in [0.15, 0.2) is 79.0 Å². The Morgan fingerprint density at radius 3 is 2.55 bits per heavy atom. The Balaban J connectivity index is 1.27. The topological polar surface area (TPSA) is 107 Å². The van der Waals surface area contributed by atoms with E-state index < -0.39 is 12.3 Å². The van der Waals surface area contributed by atoms with Gasteiger partial charge in [0.1, 0.15) is 29.2 Å². The van der Waals surface area contributed by atoms with E-state index >= 15 is 0 Å². The van der Waals surface area contributed by atoms with Crippen LogP contribution in [-0.2, 0) is 4.74 Å². The van der Waals surface area contributed by atoms with E-state index in [1.807, 2.05) is 24.3 Å². The van der Waals surface area contributed by atoms with Gasteiger partial charge in [0.25, 0.3) is 5.91 Å². The minimum absolute atomic E-state index is 0.265. The van der Waals surface area contributed by atoms with Gasteiger partial charge in [-0.05, 0) is 65.7 Å². The summed E-state index contributed by atoms with van der Waals surface area (Å²) in [6.45, 7) is 0.298. The highest BCUT2D eigenvalue weighted by molar-refractivity contribution is 6.32. The average molecular weight is 551 g/mol. The molecule has 0 spiro atoms. The lowest BCUT2D eigenvalue weighted by atomic mass is 10.0. The zero-order valence-electron chi connectivity index (χ0n) is 19.7. The van der Waals surface area contributed by atoms with Crippen molar-refractivity contribution in [2.45, 2.75) is 12.5 Å². The van der Waals surface area contributed by atoms with Gasteiger partial charge in [0.15, 0.2) is 0 Å². The van der Waals surface area contributed by atoms with Crippen molar-refractivity contribution in [3.05, 3.63) is 100 Å². The van der Waals surface area contributed by atoms with Crippen LogP contribution in [-0.4, -0.2) is 28.8 Å². The molecular weight excluding hydrogens is 531 g/mol. The fourth-order valence-electron chi connectivity index (χ4n) is 4.02. The van der Waals surface area contributed by atoms with Crippen LogP contribution in [0.4, 0.5) is 10.6 Å². The average Bonchev–Trinajstić information content (AvgIpc) is 2.90. The standard InChI is InChI=1S/C28H20Cl2N2O6/c29-19-3-1-2-17(12-19)18-8-10-31-26(13-18)32-27(33)16-4-6-20(7-5-16)37-25-15-24-21(14-22(25)30)23(9-11-36-24)38-28(34)35/h1-8,10,12-15,23H,9,11H2,(H,34,35)(H,31,32,33). The molecule has 2 N–H and O–H groups in total. The number of nitrogens with one attached hydrogen (secondary N) is 1. The van der Waals surface area contributed by atoms with Gasteiger partial charge in [-0.25, -0.2) is 9.78 Å². The van der Waals surface area contributed by atoms with Crippen LogP contribution in [0.5, 0.6) is 17.2 Å². The van der Waals surface area contributed by atoms with E-state index in [0.717, 1.165) is 11.1 Å². The molecule has 38 heavy (non-hydrogen) atoms. The van der Waals surface area contributed by atoms with Crippen molar-refractivity contribution in [2.24, 2.45) is 0 Å². The van der Waals surface area contributed by atoms with Crippen molar-refractivity contribution >= 4 is 41.1 Å². The van der Waals surface area contributed by atoms with Crippen molar-refractivity contribution in [1.82, 2.24) is 4.98 Å². The molecule has 1 atom stereocenters. The van der Waals surface area contributed by atoms with Gasteiger partial charge in [-0.2, -0.15) is 0 Å². The quantitative estimate of drug-likeness (QED) is 0.238. The molecule has 0 saturated heterocycles. The van der Waals surface area contributed by atoms with Crippen molar-refractivity contribution in [3.8, 4) is 28.4 Å². The minimum atomic E-state index is -1.37. The third-order valence-corrected chi connectivity index (χ3v) is 6.33. The van der Waals surface area contributed by atoms with E-state index in [1.165, 1.54) is 0 Å². The van der Waals surface area contributed by atoms with Crippen molar-refractivity contribution in [2.75, 3.05) is 11.9 Å². The molecule has 0 saturated carbocycles. The molecule has 1 aromatic heterocycles. The number of carbonyl (C=O) groups excluding carboxylic acids is 1. The number of pyridine rings is 1. The molecule has 1 amide bonds. The number of anilines is 1. The lowest BCUT2D eigenvalue weighted by Gasteiger charge is -2.25. The van der Waals surface area contributed by atoms with Crippen LogP contribution in [0.1, 0.15) is 28.4 Å². The van der Waals surface area contributed by atoms with Crippen LogP contribution in [0.3, 0.4) is 0 Å². The van der Waals surface area contributed by atoms with Gasteiger partial charge >= 0.3 is 6.16 Å². The maximum Gasteiger partial charge on any atom is 0.506 e. The highest BCUT2D eigenvalue weighted by Gasteiger charge is 2.27.